The molecule has 27 heavy (non-hydrogen) atoms. The van der Waals surface area contributed by atoms with Crippen molar-refractivity contribution in [3.8, 4) is 0 Å². The summed E-state index contributed by atoms with van der Waals surface area (Å²) in [5.74, 6) is 1.70. The first-order valence-corrected chi connectivity index (χ1v) is 10.0. The molecule has 3 heterocycles. The van der Waals surface area contributed by atoms with Crippen molar-refractivity contribution in [3.05, 3.63) is 60.3 Å². The average Bonchev–Trinajstić information content (AvgIpc) is 2.75. The monoisotopic (exact) mass is 364 g/mol. The molecule has 0 spiro atoms. The molecule has 5 heteroatoms. The van der Waals surface area contributed by atoms with E-state index in [1.54, 1.807) is 0 Å². The molecule has 4 rings (SSSR count). The van der Waals surface area contributed by atoms with Gasteiger partial charge in [-0.1, -0.05) is 36.4 Å². The number of likely N-dealkylation sites (tertiary alicyclic amines) is 1. The maximum atomic E-state index is 12.9. The molecular formula is C22H28N4O. The number of anilines is 1. The maximum Gasteiger partial charge on any atom is 0.320 e. The van der Waals surface area contributed by atoms with Gasteiger partial charge >= 0.3 is 6.03 Å². The minimum Gasteiger partial charge on any atom is -0.353 e. The van der Waals surface area contributed by atoms with Crippen LogP contribution in [0.5, 0.6) is 0 Å². The second-order valence-electron chi connectivity index (χ2n) is 7.56. The topological polar surface area (TPSA) is 39.7 Å². The first-order chi connectivity index (χ1) is 13.3. The fourth-order valence-electron chi connectivity index (χ4n) is 4.14. The van der Waals surface area contributed by atoms with E-state index in [0.29, 0.717) is 5.92 Å². The fourth-order valence-corrected chi connectivity index (χ4v) is 4.14. The highest BCUT2D eigenvalue weighted by atomic mass is 16.2. The third-order valence-electron chi connectivity index (χ3n) is 5.78. The minimum absolute atomic E-state index is 0.217. The van der Waals surface area contributed by atoms with Gasteiger partial charge in [0, 0.05) is 45.5 Å². The number of urea groups is 1. The molecule has 0 N–H and O–H groups in total. The molecule has 2 aliphatic rings. The third kappa shape index (κ3) is 4.41. The van der Waals surface area contributed by atoms with Crippen molar-refractivity contribution in [2.75, 3.05) is 44.2 Å². The van der Waals surface area contributed by atoms with Gasteiger partial charge in [-0.05, 0) is 42.9 Å². The molecule has 0 radical (unpaired) electrons. The quantitative estimate of drug-likeness (QED) is 0.839. The number of hydrogen-bond donors (Lipinski definition) is 0. The summed E-state index contributed by atoms with van der Waals surface area (Å²) in [4.78, 5) is 23.6. The Kier molecular flexibility index (Phi) is 5.56. The van der Waals surface area contributed by atoms with Crippen LogP contribution in [0.25, 0.3) is 0 Å². The Morgan fingerprint density at radius 3 is 2.19 bits per heavy atom. The number of benzene rings is 1. The van der Waals surface area contributed by atoms with Gasteiger partial charge in [-0.25, -0.2) is 9.78 Å². The maximum absolute atomic E-state index is 12.9. The largest absolute Gasteiger partial charge is 0.353 e. The summed E-state index contributed by atoms with van der Waals surface area (Å²) in [6.07, 6.45) is 5.17. The highest BCUT2D eigenvalue weighted by Gasteiger charge is 2.28. The van der Waals surface area contributed by atoms with Gasteiger partial charge in [0.05, 0.1) is 0 Å². The number of carbonyl (C=O) groups is 1. The molecule has 2 saturated heterocycles. The van der Waals surface area contributed by atoms with Crippen LogP contribution in [0, 0.1) is 5.92 Å². The first kappa shape index (κ1) is 17.8. The van der Waals surface area contributed by atoms with E-state index in [4.69, 9.17) is 0 Å². The van der Waals surface area contributed by atoms with E-state index in [-0.39, 0.29) is 6.03 Å². The summed E-state index contributed by atoms with van der Waals surface area (Å²) in [6.45, 7) is 5.03. The smallest absolute Gasteiger partial charge is 0.320 e. The van der Waals surface area contributed by atoms with Crippen molar-refractivity contribution in [1.29, 1.82) is 0 Å². The van der Waals surface area contributed by atoms with Crippen LogP contribution in [-0.2, 0) is 6.42 Å². The fraction of sp³-hybridized carbons (Fsp3) is 0.455. The third-order valence-corrected chi connectivity index (χ3v) is 5.78. The summed E-state index contributed by atoms with van der Waals surface area (Å²) < 4.78 is 0. The number of piperazine rings is 1. The summed E-state index contributed by atoms with van der Waals surface area (Å²) in [6, 6.07) is 16.9. The molecule has 0 saturated carbocycles. The number of nitrogens with zero attached hydrogens (tertiary/aromatic N) is 4. The zero-order chi connectivity index (χ0) is 18.5. The summed E-state index contributed by atoms with van der Waals surface area (Å²) in [5.41, 5.74) is 1.41. The number of pyridine rings is 1. The van der Waals surface area contributed by atoms with Gasteiger partial charge in [-0.3, -0.25) is 0 Å². The van der Waals surface area contributed by atoms with Crippen LogP contribution in [0.1, 0.15) is 18.4 Å². The van der Waals surface area contributed by atoms with Gasteiger partial charge in [0.15, 0.2) is 0 Å². The number of piperidine rings is 1. The van der Waals surface area contributed by atoms with E-state index in [9.17, 15) is 4.79 Å². The molecular weight excluding hydrogens is 336 g/mol. The normalized spacial score (nSPS) is 18.6. The van der Waals surface area contributed by atoms with Crippen LogP contribution in [0.15, 0.2) is 54.7 Å². The Hall–Kier alpha value is -2.56. The van der Waals surface area contributed by atoms with Crippen LogP contribution in [-0.4, -0.2) is 60.1 Å². The molecule has 2 fully saturated rings. The summed E-state index contributed by atoms with van der Waals surface area (Å²) in [7, 11) is 0. The van der Waals surface area contributed by atoms with Crippen LogP contribution < -0.4 is 4.90 Å². The predicted molar refractivity (Wildman–Crippen MR) is 108 cm³/mol. The molecule has 142 valence electrons. The lowest BCUT2D eigenvalue weighted by Gasteiger charge is -2.40. The van der Waals surface area contributed by atoms with Crippen LogP contribution >= 0.6 is 0 Å². The lowest BCUT2D eigenvalue weighted by Crippen LogP contribution is -2.54. The van der Waals surface area contributed by atoms with Crippen molar-refractivity contribution in [1.82, 2.24) is 14.8 Å². The molecule has 0 bridgehead atoms. The van der Waals surface area contributed by atoms with E-state index in [0.717, 1.165) is 64.3 Å². The SMILES string of the molecule is O=C(N1CCC(Cc2ccccc2)CC1)N1CCN(c2ccccn2)CC1. The zero-order valence-corrected chi connectivity index (χ0v) is 15.8. The molecule has 0 unspecified atom stereocenters. The van der Waals surface area contributed by atoms with Crippen molar-refractivity contribution in [2.24, 2.45) is 5.92 Å². The van der Waals surface area contributed by atoms with E-state index in [2.05, 4.69) is 45.1 Å². The molecule has 2 amide bonds. The van der Waals surface area contributed by atoms with Crippen LogP contribution in [0.3, 0.4) is 0 Å². The predicted octanol–water partition coefficient (Wildman–Crippen LogP) is 3.28. The standard InChI is InChI=1S/C22H28N4O/c27-22(26-16-14-24(15-17-26)21-8-4-5-11-23-21)25-12-9-20(10-13-25)18-19-6-2-1-3-7-19/h1-8,11,20H,9-10,12-18H2. The average molecular weight is 364 g/mol. The van der Waals surface area contributed by atoms with Crippen molar-refractivity contribution in [2.45, 2.75) is 19.3 Å². The summed E-state index contributed by atoms with van der Waals surface area (Å²) >= 11 is 0. The Morgan fingerprint density at radius 2 is 1.52 bits per heavy atom. The molecule has 2 aromatic rings. The zero-order valence-electron chi connectivity index (χ0n) is 15.8. The van der Waals surface area contributed by atoms with E-state index in [1.165, 1.54) is 5.56 Å². The molecule has 0 atom stereocenters. The number of amides is 2. The first-order valence-electron chi connectivity index (χ1n) is 10.0. The summed E-state index contributed by atoms with van der Waals surface area (Å²) in [5, 5.41) is 0. The lowest BCUT2D eigenvalue weighted by atomic mass is 9.90. The van der Waals surface area contributed by atoms with Gasteiger partial charge in [0.1, 0.15) is 5.82 Å². The van der Waals surface area contributed by atoms with Crippen molar-refractivity contribution < 1.29 is 4.79 Å². The molecule has 5 nitrogen and oxygen atoms in total. The lowest BCUT2D eigenvalue weighted by molar-refractivity contribution is 0.130. The highest BCUT2D eigenvalue weighted by molar-refractivity contribution is 5.75. The van der Waals surface area contributed by atoms with Gasteiger partial charge in [-0.15, -0.1) is 0 Å². The molecule has 2 aliphatic heterocycles. The Morgan fingerprint density at radius 1 is 0.852 bits per heavy atom. The van der Waals surface area contributed by atoms with Crippen LogP contribution in [0.4, 0.5) is 10.6 Å². The Labute approximate surface area is 161 Å². The van der Waals surface area contributed by atoms with Gasteiger partial charge in [-0.2, -0.15) is 0 Å². The van der Waals surface area contributed by atoms with Gasteiger partial charge in [0.2, 0.25) is 0 Å². The number of rotatable bonds is 3. The second-order valence-corrected chi connectivity index (χ2v) is 7.56. The van der Waals surface area contributed by atoms with Crippen molar-refractivity contribution in [3.63, 3.8) is 0 Å². The van der Waals surface area contributed by atoms with E-state index >= 15 is 0 Å². The van der Waals surface area contributed by atoms with E-state index in [1.807, 2.05) is 29.3 Å². The highest BCUT2D eigenvalue weighted by Crippen LogP contribution is 2.23. The van der Waals surface area contributed by atoms with Gasteiger partial charge < -0.3 is 14.7 Å². The number of carbonyl (C=O) groups excluding carboxylic acids is 1. The molecule has 1 aromatic carbocycles. The van der Waals surface area contributed by atoms with Crippen molar-refractivity contribution >= 4 is 11.8 Å². The van der Waals surface area contributed by atoms with E-state index < -0.39 is 0 Å². The molecule has 0 aliphatic carbocycles. The number of aromatic nitrogens is 1. The van der Waals surface area contributed by atoms with Gasteiger partial charge in [0.25, 0.3) is 0 Å². The second kappa shape index (κ2) is 8.42. The molecule has 1 aromatic heterocycles. The Bertz CT molecular complexity index is 720. The Balaban J connectivity index is 1.24. The number of hydrogen-bond acceptors (Lipinski definition) is 3. The minimum atomic E-state index is 0.217. The van der Waals surface area contributed by atoms with Crippen LogP contribution in [0.2, 0.25) is 0 Å².